The summed E-state index contributed by atoms with van der Waals surface area (Å²) in [5.41, 5.74) is 4.97. The Morgan fingerprint density at radius 2 is 2.25 bits per heavy atom. The third-order valence-electron chi connectivity index (χ3n) is 3.38. The van der Waals surface area contributed by atoms with Crippen molar-refractivity contribution in [2.45, 2.75) is 19.4 Å². The van der Waals surface area contributed by atoms with Gasteiger partial charge in [0.2, 0.25) is 0 Å². The number of aromatic nitrogens is 3. The van der Waals surface area contributed by atoms with Crippen LogP contribution >= 0.6 is 11.5 Å². The highest BCUT2D eigenvalue weighted by Gasteiger charge is 2.21. The predicted octanol–water partition coefficient (Wildman–Crippen LogP) is 2.20. The van der Waals surface area contributed by atoms with Crippen molar-refractivity contribution in [2.24, 2.45) is 5.84 Å². The van der Waals surface area contributed by atoms with Crippen LogP contribution in [0, 0.1) is 0 Å². The number of fused-ring (bicyclic) bond motifs is 1. The topological polar surface area (TPSA) is 76.7 Å². The fourth-order valence-corrected chi connectivity index (χ4v) is 3.19. The Hall–Kier alpha value is -1.89. The molecule has 102 valence electrons. The van der Waals surface area contributed by atoms with E-state index in [9.17, 15) is 0 Å². The Kier molecular flexibility index (Phi) is 3.68. The lowest BCUT2D eigenvalue weighted by atomic mass is 9.98. The van der Waals surface area contributed by atoms with Gasteiger partial charge in [0, 0.05) is 17.8 Å². The van der Waals surface area contributed by atoms with E-state index in [-0.39, 0.29) is 6.04 Å². The number of benzene rings is 1. The molecule has 3 aromatic rings. The van der Waals surface area contributed by atoms with Gasteiger partial charge in [-0.3, -0.25) is 10.8 Å². The van der Waals surface area contributed by atoms with Crippen molar-refractivity contribution < 1.29 is 0 Å². The molecule has 6 heteroatoms. The molecule has 0 aliphatic heterocycles. The van der Waals surface area contributed by atoms with Crippen molar-refractivity contribution in [1.29, 1.82) is 0 Å². The van der Waals surface area contributed by atoms with Crippen LogP contribution in [0.1, 0.15) is 29.1 Å². The molecular weight excluding hydrogens is 270 g/mol. The number of hydrazine groups is 1. The molecule has 5 nitrogen and oxygen atoms in total. The smallest absolute Gasteiger partial charge is 0.0844 e. The summed E-state index contributed by atoms with van der Waals surface area (Å²) in [4.78, 5) is 5.28. The van der Waals surface area contributed by atoms with Crippen LogP contribution in [0.15, 0.2) is 36.7 Å². The number of nitrogens with zero attached hydrogens (tertiary/aromatic N) is 3. The van der Waals surface area contributed by atoms with Gasteiger partial charge in [-0.2, -0.15) is 0 Å². The second-order valence-corrected chi connectivity index (χ2v) is 5.27. The summed E-state index contributed by atoms with van der Waals surface area (Å²) in [5.74, 6) is 5.79. The Balaban J connectivity index is 2.17. The van der Waals surface area contributed by atoms with Gasteiger partial charge in [0.25, 0.3) is 0 Å². The molecule has 0 saturated carbocycles. The van der Waals surface area contributed by atoms with Crippen molar-refractivity contribution in [3.05, 3.63) is 52.8 Å². The van der Waals surface area contributed by atoms with Crippen molar-refractivity contribution in [3.8, 4) is 0 Å². The summed E-state index contributed by atoms with van der Waals surface area (Å²) in [6.45, 7) is 2.07. The molecule has 2 aromatic heterocycles. The van der Waals surface area contributed by atoms with Crippen molar-refractivity contribution in [1.82, 2.24) is 20.0 Å². The summed E-state index contributed by atoms with van der Waals surface area (Å²) < 4.78 is 4.05. The van der Waals surface area contributed by atoms with Gasteiger partial charge in [-0.15, -0.1) is 5.10 Å². The molecule has 2 heterocycles. The first-order valence-corrected chi connectivity index (χ1v) is 7.22. The third-order valence-corrected chi connectivity index (χ3v) is 4.21. The zero-order valence-electron chi connectivity index (χ0n) is 11.1. The number of nitrogens with one attached hydrogen (secondary N) is 1. The zero-order chi connectivity index (χ0) is 13.9. The van der Waals surface area contributed by atoms with Gasteiger partial charge in [-0.05, 0) is 35.0 Å². The van der Waals surface area contributed by atoms with E-state index >= 15 is 0 Å². The molecule has 0 aliphatic carbocycles. The number of aryl methyl sites for hydroxylation is 1. The molecule has 0 fully saturated rings. The monoisotopic (exact) mass is 285 g/mol. The van der Waals surface area contributed by atoms with E-state index in [0.717, 1.165) is 33.3 Å². The van der Waals surface area contributed by atoms with Crippen molar-refractivity contribution in [2.75, 3.05) is 0 Å². The van der Waals surface area contributed by atoms with Gasteiger partial charge in [-0.1, -0.05) is 29.6 Å². The molecule has 0 spiro atoms. The highest BCUT2D eigenvalue weighted by molar-refractivity contribution is 7.05. The fourth-order valence-electron chi connectivity index (χ4n) is 2.38. The minimum absolute atomic E-state index is 0.113. The van der Waals surface area contributed by atoms with E-state index in [0.29, 0.717) is 0 Å². The van der Waals surface area contributed by atoms with Gasteiger partial charge in [0.05, 0.1) is 16.6 Å². The molecule has 0 aliphatic rings. The largest absolute Gasteiger partial charge is 0.271 e. The second-order valence-electron chi connectivity index (χ2n) is 4.48. The first-order valence-electron chi connectivity index (χ1n) is 6.45. The second kappa shape index (κ2) is 5.62. The number of hydrogen-bond donors (Lipinski definition) is 2. The van der Waals surface area contributed by atoms with Crippen LogP contribution in [0.5, 0.6) is 0 Å². The molecule has 1 aromatic carbocycles. The average Bonchev–Trinajstić information content (AvgIpc) is 2.97. The molecule has 0 radical (unpaired) electrons. The van der Waals surface area contributed by atoms with E-state index in [2.05, 4.69) is 39.1 Å². The average molecular weight is 285 g/mol. The summed E-state index contributed by atoms with van der Waals surface area (Å²) >= 11 is 1.39. The van der Waals surface area contributed by atoms with Crippen LogP contribution in [-0.2, 0) is 6.42 Å². The number of hydrogen-bond acceptors (Lipinski definition) is 6. The summed E-state index contributed by atoms with van der Waals surface area (Å²) in [5, 5.41) is 6.40. The quantitative estimate of drug-likeness (QED) is 0.567. The van der Waals surface area contributed by atoms with E-state index in [1.807, 2.05) is 18.3 Å². The zero-order valence-corrected chi connectivity index (χ0v) is 11.9. The van der Waals surface area contributed by atoms with Crippen LogP contribution in [0.2, 0.25) is 0 Å². The lowest BCUT2D eigenvalue weighted by Gasteiger charge is -2.17. The van der Waals surface area contributed by atoms with E-state index in [1.165, 1.54) is 11.5 Å². The summed E-state index contributed by atoms with van der Waals surface area (Å²) in [6, 6.07) is 8.05. The van der Waals surface area contributed by atoms with Gasteiger partial charge in [0.15, 0.2) is 0 Å². The first-order chi connectivity index (χ1) is 9.85. The maximum atomic E-state index is 5.79. The van der Waals surface area contributed by atoms with Crippen LogP contribution in [0.4, 0.5) is 0 Å². The molecule has 1 unspecified atom stereocenters. The molecular formula is C14H15N5S. The first kappa shape index (κ1) is 13.1. The predicted molar refractivity (Wildman–Crippen MR) is 80.2 cm³/mol. The van der Waals surface area contributed by atoms with E-state index in [4.69, 9.17) is 5.84 Å². The molecule has 0 saturated heterocycles. The normalized spacial score (nSPS) is 12.7. The molecule has 3 rings (SSSR count). The van der Waals surface area contributed by atoms with Crippen LogP contribution in [0.25, 0.3) is 10.8 Å². The van der Waals surface area contributed by atoms with Gasteiger partial charge >= 0.3 is 0 Å². The fraction of sp³-hybridized carbons (Fsp3) is 0.214. The van der Waals surface area contributed by atoms with Gasteiger partial charge in [-0.25, -0.2) is 5.43 Å². The third kappa shape index (κ3) is 2.18. The highest BCUT2D eigenvalue weighted by Crippen LogP contribution is 2.31. The number of rotatable bonds is 4. The summed E-state index contributed by atoms with van der Waals surface area (Å²) in [7, 11) is 0. The minimum Gasteiger partial charge on any atom is -0.271 e. The van der Waals surface area contributed by atoms with Gasteiger partial charge in [0.1, 0.15) is 0 Å². The summed E-state index contributed by atoms with van der Waals surface area (Å²) in [6.07, 6.45) is 4.50. The van der Waals surface area contributed by atoms with Gasteiger partial charge < -0.3 is 0 Å². The van der Waals surface area contributed by atoms with Crippen LogP contribution in [0.3, 0.4) is 0 Å². The Bertz CT molecular complexity index is 719. The Labute approximate surface area is 121 Å². The van der Waals surface area contributed by atoms with E-state index < -0.39 is 0 Å². The van der Waals surface area contributed by atoms with Crippen molar-refractivity contribution >= 4 is 22.3 Å². The number of nitrogens with two attached hydrogens (primary N) is 1. The van der Waals surface area contributed by atoms with E-state index in [1.54, 1.807) is 6.20 Å². The van der Waals surface area contributed by atoms with Crippen molar-refractivity contribution in [3.63, 3.8) is 0 Å². The Morgan fingerprint density at radius 1 is 1.35 bits per heavy atom. The lowest BCUT2D eigenvalue weighted by Crippen LogP contribution is -2.29. The maximum absolute atomic E-state index is 5.79. The van der Waals surface area contributed by atoms with Crippen LogP contribution < -0.4 is 11.3 Å². The standard InChI is InChI=1S/C14H15N5S/c1-2-12-14(20-19-18-12)13(17-15)10-5-3-4-9-6-7-16-8-11(9)10/h3-8,13,17H,2,15H2,1H3. The molecule has 20 heavy (non-hydrogen) atoms. The number of pyridine rings is 1. The molecule has 1 atom stereocenters. The maximum Gasteiger partial charge on any atom is 0.0844 e. The SMILES string of the molecule is CCc1nnsc1C(NN)c1cccc2ccncc12. The molecule has 0 bridgehead atoms. The molecule has 3 N–H and O–H groups in total. The van der Waals surface area contributed by atoms with Crippen LogP contribution in [-0.4, -0.2) is 14.6 Å². The molecule has 0 amide bonds. The Morgan fingerprint density at radius 3 is 3.05 bits per heavy atom. The minimum atomic E-state index is -0.113. The highest BCUT2D eigenvalue weighted by atomic mass is 32.1. The lowest BCUT2D eigenvalue weighted by molar-refractivity contribution is 0.643.